The van der Waals surface area contributed by atoms with Gasteiger partial charge >= 0.3 is 0 Å². The smallest absolute Gasteiger partial charge is 0.244 e. The highest BCUT2D eigenvalue weighted by Crippen LogP contribution is 2.26. The quantitative estimate of drug-likeness (QED) is 0.867. The average molecular weight is 254 g/mol. The summed E-state index contributed by atoms with van der Waals surface area (Å²) in [5.74, 6) is 0.210. The number of sulfonamides is 1. The Labute approximate surface area is 102 Å². The van der Waals surface area contributed by atoms with Gasteiger partial charge in [-0.3, -0.25) is 0 Å². The van der Waals surface area contributed by atoms with Crippen LogP contribution in [0.2, 0.25) is 0 Å². The van der Waals surface area contributed by atoms with Crippen LogP contribution >= 0.6 is 0 Å². The molecule has 1 saturated heterocycles. The van der Waals surface area contributed by atoms with E-state index < -0.39 is 16.2 Å². The van der Waals surface area contributed by atoms with Crippen LogP contribution in [0.3, 0.4) is 0 Å². The van der Waals surface area contributed by atoms with Crippen LogP contribution in [0.4, 0.5) is 0 Å². The minimum absolute atomic E-state index is 0.210. The lowest BCUT2D eigenvalue weighted by Gasteiger charge is -2.36. The van der Waals surface area contributed by atoms with E-state index in [9.17, 15) is 8.42 Å². The number of hydrogen-bond donors (Lipinski definition) is 1. The van der Waals surface area contributed by atoms with E-state index in [-0.39, 0.29) is 5.92 Å². The molecule has 1 fully saturated rings. The van der Waals surface area contributed by atoms with Gasteiger partial charge in [0.1, 0.15) is 0 Å². The maximum Gasteiger partial charge on any atom is 0.244 e. The summed E-state index contributed by atoms with van der Waals surface area (Å²) in [6, 6.07) is 8.48. The molecule has 1 aromatic rings. The Morgan fingerprint density at radius 1 is 1.29 bits per heavy atom. The fourth-order valence-electron chi connectivity index (χ4n) is 2.18. The zero-order chi connectivity index (χ0) is 12.5. The molecule has 1 aromatic carbocycles. The van der Waals surface area contributed by atoms with E-state index in [4.69, 9.17) is 5.73 Å². The highest BCUT2D eigenvalue weighted by molar-refractivity contribution is 7.89. The number of nitrogens with zero attached hydrogens (tertiary/aromatic N) is 1. The van der Waals surface area contributed by atoms with Crippen LogP contribution in [0.5, 0.6) is 0 Å². The summed E-state index contributed by atoms with van der Waals surface area (Å²) in [6.45, 7) is 2.51. The second-order valence-corrected chi connectivity index (χ2v) is 6.43. The molecule has 0 aliphatic carbocycles. The van der Waals surface area contributed by atoms with Crippen molar-refractivity contribution in [2.45, 2.75) is 30.8 Å². The second-order valence-electron chi connectivity index (χ2n) is 4.54. The number of rotatable bonds is 2. The predicted octanol–water partition coefficient (Wildman–Crippen LogP) is 1.39. The van der Waals surface area contributed by atoms with Crippen LogP contribution in [0.15, 0.2) is 35.2 Å². The van der Waals surface area contributed by atoms with Gasteiger partial charge in [0.15, 0.2) is 0 Å². The first-order valence-corrected chi connectivity index (χ1v) is 7.30. The molecule has 0 bridgehead atoms. The lowest BCUT2D eigenvalue weighted by molar-refractivity contribution is 0.192. The Morgan fingerprint density at radius 3 is 2.59 bits per heavy atom. The summed E-state index contributed by atoms with van der Waals surface area (Å²) < 4.78 is 26.2. The highest BCUT2D eigenvalue weighted by atomic mass is 32.2. The van der Waals surface area contributed by atoms with E-state index in [1.54, 1.807) is 30.3 Å². The Hall–Kier alpha value is -0.910. The third-order valence-electron chi connectivity index (χ3n) is 3.30. The van der Waals surface area contributed by atoms with Crippen molar-refractivity contribution in [1.29, 1.82) is 0 Å². The van der Waals surface area contributed by atoms with Crippen molar-refractivity contribution in [3.05, 3.63) is 30.3 Å². The molecular formula is C12H18N2O2S. The Morgan fingerprint density at radius 2 is 1.94 bits per heavy atom. The van der Waals surface area contributed by atoms with Crippen molar-refractivity contribution in [1.82, 2.24) is 4.31 Å². The summed E-state index contributed by atoms with van der Waals surface area (Å²) in [4.78, 5) is 0.324. The average Bonchev–Trinajstić information content (AvgIpc) is 2.33. The van der Waals surface area contributed by atoms with Gasteiger partial charge in [0.05, 0.1) is 11.1 Å². The van der Waals surface area contributed by atoms with Crippen molar-refractivity contribution < 1.29 is 8.42 Å². The lowest BCUT2D eigenvalue weighted by Crippen LogP contribution is -2.52. The normalized spacial score (nSPS) is 26.9. The van der Waals surface area contributed by atoms with E-state index in [0.29, 0.717) is 11.4 Å². The Bertz CT molecular complexity index is 473. The van der Waals surface area contributed by atoms with Crippen molar-refractivity contribution >= 4 is 10.0 Å². The maximum atomic E-state index is 12.4. The van der Waals surface area contributed by atoms with E-state index in [0.717, 1.165) is 12.8 Å². The molecule has 2 rings (SSSR count). The molecule has 1 aliphatic heterocycles. The second kappa shape index (κ2) is 4.76. The zero-order valence-corrected chi connectivity index (χ0v) is 10.7. The van der Waals surface area contributed by atoms with Gasteiger partial charge in [-0.2, -0.15) is 4.31 Å². The van der Waals surface area contributed by atoms with E-state index in [1.165, 1.54) is 4.31 Å². The molecule has 0 spiro atoms. The largest absolute Gasteiger partial charge is 0.315 e. The molecule has 2 atom stereocenters. The monoisotopic (exact) mass is 254 g/mol. The van der Waals surface area contributed by atoms with Crippen LogP contribution in [-0.4, -0.2) is 25.4 Å². The van der Waals surface area contributed by atoms with Gasteiger partial charge in [-0.25, -0.2) is 8.42 Å². The summed E-state index contributed by atoms with van der Waals surface area (Å²) in [7, 11) is -3.44. The number of nitrogens with two attached hydrogens (primary N) is 1. The summed E-state index contributed by atoms with van der Waals surface area (Å²) >= 11 is 0. The molecule has 0 aromatic heterocycles. The van der Waals surface area contributed by atoms with Crippen LogP contribution in [0.1, 0.15) is 19.8 Å². The van der Waals surface area contributed by atoms with Crippen molar-refractivity contribution in [3.8, 4) is 0 Å². The van der Waals surface area contributed by atoms with E-state index in [1.807, 2.05) is 6.92 Å². The highest BCUT2D eigenvalue weighted by Gasteiger charge is 2.34. The van der Waals surface area contributed by atoms with Crippen LogP contribution < -0.4 is 5.73 Å². The first-order chi connectivity index (χ1) is 8.03. The topological polar surface area (TPSA) is 63.4 Å². The van der Waals surface area contributed by atoms with E-state index >= 15 is 0 Å². The van der Waals surface area contributed by atoms with Gasteiger partial charge in [0, 0.05) is 6.54 Å². The first-order valence-electron chi connectivity index (χ1n) is 5.86. The lowest BCUT2D eigenvalue weighted by atomic mass is 9.99. The molecule has 0 radical (unpaired) electrons. The van der Waals surface area contributed by atoms with Gasteiger partial charge in [0.2, 0.25) is 10.0 Å². The van der Waals surface area contributed by atoms with Crippen molar-refractivity contribution in [3.63, 3.8) is 0 Å². The SMILES string of the molecule is CC1CCCN(S(=O)(=O)c2ccccc2)C1N. The van der Waals surface area contributed by atoms with Gasteiger partial charge in [-0.05, 0) is 30.9 Å². The minimum Gasteiger partial charge on any atom is -0.315 e. The van der Waals surface area contributed by atoms with Gasteiger partial charge in [0.25, 0.3) is 0 Å². The van der Waals surface area contributed by atoms with Gasteiger partial charge < -0.3 is 5.73 Å². The van der Waals surface area contributed by atoms with Crippen LogP contribution in [0.25, 0.3) is 0 Å². The summed E-state index contributed by atoms with van der Waals surface area (Å²) in [5, 5.41) is 0. The van der Waals surface area contributed by atoms with Crippen molar-refractivity contribution in [2.75, 3.05) is 6.54 Å². The maximum absolute atomic E-state index is 12.4. The molecule has 5 heteroatoms. The molecule has 0 amide bonds. The third-order valence-corrected chi connectivity index (χ3v) is 5.21. The number of piperidine rings is 1. The molecule has 94 valence electrons. The fourth-order valence-corrected chi connectivity index (χ4v) is 3.85. The molecule has 2 unspecified atom stereocenters. The molecule has 2 N–H and O–H groups in total. The molecule has 17 heavy (non-hydrogen) atoms. The zero-order valence-electron chi connectivity index (χ0n) is 9.91. The van der Waals surface area contributed by atoms with Crippen molar-refractivity contribution in [2.24, 2.45) is 11.7 Å². The predicted molar refractivity (Wildman–Crippen MR) is 66.7 cm³/mol. The number of hydrogen-bond acceptors (Lipinski definition) is 3. The standard InChI is InChI=1S/C12H18N2O2S/c1-10-6-5-9-14(12(10)13)17(15,16)11-7-3-2-4-8-11/h2-4,7-8,10,12H,5-6,9,13H2,1H3. The molecule has 1 heterocycles. The molecular weight excluding hydrogens is 236 g/mol. The molecule has 0 saturated carbocycles. The fraction of sp³-hybridized carbons (Fsp3) is 0.500. The van der Waals surface area contributed by atoms with Crippen LogP contribution in [0, 0.1) is 5.92 Å². The molecule has 4 nitrogen and oxygen atoms in total. The van der Waals surface area contributed by atoms with Gasteiger partial charge in [-0.1, -0.05) is 25.1 Å². The summed E-state index contributed by atoms with van der Waals surface area (Å²) in [5.41, 5.74) is 5.99. The van der Waals surface area contributed by atoms with Crippen LogP contribution in [-0.2, 0) is 10.0 Å². The Kier molecular flexibility index (Phi) is 3.51. The molecule has 1 aliphatic rings. The Balaban J connectivity index is 2.33. The third kappa shape index (κ3) is 2.36. The summed E-state index contributed by atoms with van der Waals surface area (Å²) in [6.07, 6.45) is 1.46. The minimum atomic E-state index is -3.44. The van der Waals surface area contributed by atoms with Gasteiger partial charge in [-0.15, -0.1) is 0 Å². The first kappa shape index (κ1) is 12.5. The van der Waals surface area contributed by atoms with E-state index in [2.05, 4.69) is 0 Å². The number of benzene rings is 1.